The first-order chi connectivity index (χ1) is 6.04. The Morgan fingerprint density at radius 2 is 1.92 bits per heavy atom. The van der Waals surface area contributed by atoms with E-state index in [1.165, 1.54) is 11.1 Å². The molecule has 1 aromatic rings. The van der Waals surface area contributed by atoms with Gasteiger partial charge in [-0.2, -0.15) is 13.2 Å². The van der Waals surface area contributed by atoms with Crippen LogP contribution in [-0.4, -0.2) is 0 Å². The second-order valence-corrected chi connectivity index (χ2v) is 2.94. The van der Waals surface area contributed by atoms with Gasteiger partial charge in [0.15, 0.2) is 0 Å². The first kappa shape index (κ1) is 10.3. The predicted molar refractivity (Wildman–Crippen MR) is 49.4 cm³/mol. The van der Waals surface area contributed by atoms with Crippen molar-refractivity contribution in [3.63, 3.8) is 0 Å². The quantitative estimate of drug-likeness (QED) is 0.705. The molecule has 0 bridgehead atoms. The molecule has 4 heteroatoms. The van der Waals surface area contributed by atoms with E-state index in [9.17, 15) is 13.2 Å². The van der Waals surface area contributed by atoms with E-state index in [1.807, 2.05) is 0 Å². The summed E-state index contributed by atoms with van der Waals surface area (Å²) in [6, 6.07) is 5.13. The zero-order chi connectivity index (χ0) is 9.90. The lowest BCUT2D eigenvalue weighted by Crippen LogP contribution is -2.04. The molecule has 0 nitrogen and oxygen atoms in total. The summed E-state index contributed by atoms with van der Waals surface area (Å²) in [6.45, 7) is 0. The summed E-state index contributed by atoms with van der Waals surface area (Å²) in [5, 5.41) is 0. The van der Waals surface area contributed by atoms with Gasteiger partial charge in [-0.05, 0) is 28.8 Å². The van der Waals surface area contributed by atoms with Crippen LogP contribution in [0.25, 0.3) is 6.08 Å². The largest absolute Gasteiger partial charge is 0.416 e. The lowest BCUT2D eigenvalue weighted by molar-refractivity contribution is -0.137. The molecule has 0 aliphatic heterocycles. The molecule has 13 heavy (non-hydrogen) atoms. The number of benzene rings is 1. The zero-order valence-corrected chi connectivity index (χ0v) is 8.06. The first-order valence-electron chi connectivity index (χ1n) is 3.48. The van der Waals surface area contributed by atoms with Crippen LogP contribution in [0.1, 0.15) is 11.1 Å². The van der Waals surface area contributed by atoms with Crippen LogP contribution in [0.4, 0.5) is 13.2 Å². The van der Waals surface area contributed by atoms with Gasteiger partial charge in [-0.15, -0.1) is 0 Å². The summed E-state index contributed by atoms with van der Waals surface area (Å²) in [7, 11) is 0. The Hall–Kier alpha value is -0.770. The maximum Gasteiger partial charge on any atom is 0.416 e. The average Bonchev–Trinajstić information content (AvgIpc) is 2.04. The molecule has 0 radical (unpaired) electrons. The standard InChI is InChI=1S/C9H6BrF3/c10-5-4-7-2-1-3-8(6-7)9(11,12)13/h1-6H. The molecule has 1 rings (SSSR count). The fraction of sp³-hybridized carbons (Fsp3) is 0.111. The normalized spacial score (nSPS) is 12.3. The topological polar surface area (TPSA) is 0 Å². The van der Waals surface area contributed by atoms with E-state index in [4.69, 9.17) is 0 Å². The molecule has 0 N–H and O–H groups in total. The van der Waals surface area contributed by atoms with Gasteiger partial charge in [0.2, 0.25) is 0 Å². The summed E-state index contributed by atoms with van der Waals surface area (Å²) in [5.41, 5.74) is -0.109. The summed E-state index contributed by atoms with van der Waals surface area (Å²) >= 11 is 3.00. The monoisotopic (exact) mass is 250 g/mol. The van der Waals surface area contributed by atoms with Crippen LogP contribution in [0.5, 0.6) is 0 Å². The van der Waals surface area contributed by atoms with E-state index in [1.54, 1.807) is 12.1 Å². The minimum atomic E-state index is -4.27. The molecule has 0 saturated carbocycles. The van der Waals surface area contributed by atoms with Gasteiger partial charge < -0.3 is 0 Å². The second kappa shape index (κ2) is 3.96. The van der Waals surface area contributed by atoms with Crippen molar-refractivity contribution in [1.29, 1.82) is 0 Å². The van der Waals surface area contributed by atoms with Crippen LogP contribution in [-0.2, 0) is 6.18 Å². The van der Waals surface area contributed by atoms with E-state index in [0.717, 1.165) is 12.1 Å². The molecule has 1 aromatic carbocycles. The van der Waals surface area contributed by atoms with Crippen molar-refractivity contribution in [2.75, 3.05) is 0 Å². The van der Waals surface area contributed by atoms with Gasteiger partial charge in [0.25, 0.3) is 0 Å². The van der Waals surface area contributed by atoms with Crippen molar-refractivity contribution in [2.45, 2.75) is 6.18 Å². The zero-order valence-electron chi connectivity index (χ0n) is 6.48. The molecule has 0 atom stereocenters. The molecular weight excluding hydrogens is 245 g/mol. The van der Waals surface area contributed by atoms with E-state index in [0.29, 0.717) is 5.56 Å². The number of halogens is 4. The Labute approximate surface area is 82.2 Å². The Bertz CT molecular complexity index is 315. The summed E-state index contributed by atoms with van der Waals surface area (Å²) in [4.78, 5) is 1.52. The highest BCUT2D eigenvalue weighted by Gasteiger charge is 2.30. The fourth-order valence-corrected chi connectivity index (χ4v) is 1.20. The molecule has 0 saturated heterocycles. The molecule has 0 aliphatic carbocycles. The van der Waals surface area contributed by atoms with Crippen LogP contribution in [0.2, 0.25) is 0 Å². The second-order valence-electron chi connectivity index (χ2n) is 2.42. The van der Waals surface area contributed by atoms with E-state index in [2.05, 4.69) is 15.9 Å². The van der Waals surface area contributed by atoms with Crippen LogP contribution in [0.3, 0.4) is 0 Å². The fourth-order valence-electron chi connectivity index (χ4n) is 0.891. The molecule has 0 heterocycles. The molecule has 70 valence electrons. The van der Waals surface area contributed by atoms with Gasteiger partial charge in [0.05, 0.1) is 5.56 Å². The third kappa shape index (κ3) is 2.88. The highest BCUT2D eigenvalue weighted by Crippen LogP contribution is 2.29. The van der Waals surface area contributed by atoms with E-state index in [-0.39, 0.29) is 0 Å². The van der Waals surface area contributed by atoms with Crippen molar-refractivity contribution in [1.82, 2.24) is 0 Å². The van der Waals surface area contributed by atoms with Crippen molar-refractivity contribution in [2.24, 2.45) is 0 Å². The lowest BCUT2D eigenvalue weighted by atomic mass is 10.1. The van der Waals surface area contributed by atoms with Gasteiger partial charge in [0.1, 0.15) is 0 Å². The van der Waals surface area contributed by atoms with Crippen LogP contribution < -0.4 is 0 Å². The van der Waals surface area contributed by atoms with Crippen molar-refractivity contribution in [3.05, 3.63) is 40.4 Å². The van der Waals surface area contributed by atoms with Gasteiger partial charge in [-0.1, -0.05) is 28.1 Å². The Balaban J connectivity index is 3.05. The maximum absolute atomic E-state index is 12.2. The maximum atomic E-state index is 12.2. The lowest BCUT2D eigenvalue weighted by Gasteiger charge is -2.06. The van der Waals surface area contributed by atoms with Gasteiger partial charge in [-0.25, -0.2) is 0 Å². The summed E-state index contributed by atoms with van der Waals surface area (Å²) in [6.07, 6.45) is -2.72. The van der Waals surface area contributed by atoms with Crippen LogP contribution in [0.15, 0.2) is 29.3 Å². The summed E-state index contributed by atoms with van der Waals surface area (Å²) < 4.78 is 36.5. The summed E-state index contributed by atoms with van der Waals surface area (Å²) in [5.74, 6) is 0. The number of hydrogen-bond acceptors (Lipinski definition) is 0. The number of rotatable bonds is 1. The minimum absolute atomic E-state index is 0.520. The molecule has 0 spiro atoms. The SMILES string of the molecule is FC(F)(F)c1cccc(C=CBr)c1. The van der Waals surface area contributed by atoms with Crippen molar-refractivity contribution >= 4 is 22.0 Å². The Morgan fingerprint density at radius 3 is 2.46 bits per heavy atom. The molecule has 0 unspecified atom stereocenters. The van der Waals surface area contributed by atoms with Gasteiger partial charge >= 0.3 is 6.18 Å². The molecular formula is C9H6BrF3. The van der Waals surface area contributed by atoms with Crippen molar-refractivity contribution in [3.8, 4) is 0 Å². The Morgan fingerprint density at radius 1 is 1.23 bits per heavy atom. The molecule has 0 fully saturated rings. The highest BCUT2D eigenvalue weighted by molar-refractivity contribution is 9.11. The molecule has 0 aliphatic rings. The van der Waals surface area contributed by atoms with E-state index >= 15 is 0 Å². The van der Waals surface area contributed by atoms with Gasteiger partial charge in [-0.3, -0.25) is 0 Å². The average molecular weight is 251 g/mol. The highest BCUT2D eigenvalue weighted by atomic mass is 79.9. The van der Waals surface area contributed by atoms with Gasteiger partial charge in [0, 0.05) is 0 Å². The first-order valence-corrected chi connectivity index (χ1v) is 4.39. The van der Waals surface area contributed by atoms with Crippen LogP contribution in [0, 0.1) is 0 Å². The van der Waals surface area contributed by atoms with Crippen molar-refractivity contribution < 1.29 is 13.2 Å². The van der Waals surface area contributed by atoms with Crippen LogP contribution >= 0.6 is 15.9 Å². The Kier molecular flexibility index (Phi) is 3.14. The smallest absolute Gasteiger partial charge is 0.166 e. The number of alkyl halides is 3. The van der Waals surface area contributed by atoms with E-state index < -0.39 is 11.7 Å². The third-order valence-corrected chi connectivity index (χ3v) is 1.73. The predicted octanol–water partition coefficient (Wildman–Crippen LogP) is 4.07. The molecule has 0 aromatic heterocycles. The molecule has 0 amide bonds. The third-order valence-electron chi connectivity index (χ3n) is 1.47. The minimum Gasteiger partial charge on any atom is -0.166 e. The number of hydrogen-bond donors (Lipinski definition) is 0.